The third-order valence-corrected chi connectivity index (χ3v) is 4.34. The fourth-order valence-electron chi connectivity index (χ4n) is 2.95. The summed E-state index contributed by atoms with van der Waals surface area (Å²) in [6, 6.07) is 8.12. The number of carbonyl (C=O) groups excluding carboxylic acids is 1. The number of hydrogen-bond donors (Lipinski definition) is 1. The molecule has 0 radical (unpaired) electrons. The second-order valence-electron chi connectivity index (χ2n) is 6.19. The lowest BCUT2D eigenvalue weighted by Crippen LogP contribution is -2.40. The molecule has 1 heterocycles. The number of rotatable bonds is 4. The van der Waals surface area contributed by atoms with Crippen LogP contribution in [-0.2, 0) is 0 Å². The van der Waals surface area contributed by atoms with E-state index in [9.17, 15) is 13.6 Å². The molecule has 134 valence electrons. The second kappa shape index (κ2) is 7.91. The molecule has 0 unspecified atom stereocenters. The molecule has 0 spiro atoms. The van der Waals surface area contributed by atoms with Crippen LogP contribution in [0.3, 0.4) is 0 Å². The van der Waals surface area contributed by atoms with Gasteiger partial charge in [-0.1, -0.05) is 0 Å². The van der Waals surface area contributed by atoms with Crippen LogP contribution in [0, 0.1) is 23.0 Å². The van der Waals surface area contributed by atoms with Gasteiger partial charge < -0.3 is 10.1 Å². The quantitative estimate of drug-likeness (QED) is 0.911. The summed E-state index contributed by atoms with van der Waals surface area (Å²) in [5, 5.41) is 11.5. The zero-order valence-corrected chi connectivity index (χ0v) is 13.9. The van der Waals surface area contributed by atoms with Crippen LogP contribution in [-0.4, -0.2) is 23.0 Å². The van der Waals surface area contributed by atoms with Gasteiger partial charge in [0.25, 0.3) is 5.91 Å². The molecule has 1 aromatic heterocycles. The van der Waals surface area contributed by atoms with Gasteiger partial charge >= 0.3 is 0 Å². The molecule has 3 rings (SSSR count). The Kier molecular flexibility index (Phi) is 5.42. The number of halogens is 2. The first-order chi connectivity index (χ1) is 12.5. The number of benzene rings is 1. The predicted molar refractivity (Wildman–Crippen MR) is 89.4 cm³/mol. The van der Waals surface area contributed by atoms with Gasteiger partial charge in [0.2, 0.25) is 5.88 Å². The smallest absolute Gasteiger partial charge is 0.254 e. The molecule has 0 atom stereocenters. The first kappa shape index (κ1) is 17.8. The van der Waals surface area contributed by atoms with Crippen LogP contribution in [0.25, 0.3) is 0 Å². The van der Waals surface area contributed by atoms with Crippen molar-refractivity contribution in [1.29, 1.82) is 5.26 Å². The van der Waals surface area contributed by atoms with Gasteiger partial charge in [-0.3, -0.25) is 4.79 Å². The predicted octanol–water partition coefficient (Wildman–Crippen LogP) is 3.35. The molecule has 1 aliphatic rings. The third-order valence-electron chi connectivity index (χ3n) is 4.34. The highest BCUT2D eigenvalue weighted by atomic mass is 19.1. The van der Waals surface area contributed by atoms with Crippen molar-refractivity contribution in [3.8, 4) is 11.9 Å². The summed E-state index contributed by atoms with van der Waals surface area (Å²) in [6.45, 7) is 0. The van der Waals surface area contributed by atoms with Gasteiger partial charge in [0.1, 0.15) is 23.8 Å². The lowest BCUT2D eigenvalue weighted by molar-refractivity contribution is 0.0886. The molecule has 1 amide bonds. The average Bonchev–Trinajstić information content (AvgIpc) is 2.64. The summed E-state index contributed by atoms with van der Waals surface area (Å²) in [5.74, 6) is -1.66. The van der Waals surface area contributed by atoms with E-state index in [1.807, 2.05) is 6.07 Å². The fraction of sp³-hybridized carbons (Fsp3) is 0.316. The Labute approximate surface area is 149 Å². The maximum absolute atomic E-state index is 13.7. The number of ether oxygens (including phenoxy) is 1. The minimum atomic E-state index is -0.869. The molecule has 0 saturated heterocycles. The van der Waals surface area contributed by atoms with E-state index in [0.717, 1.165) is 25.0 Å². The highest BCUT2D eigenvalue weighted by molar-refractivity contribution is 5.94. The Bertz CT molecular complexity index is 826. The van der Waals surface area contributed by atoms with Gasteiger partial charge in [-0.15, -0.1) is 0 Å². The second-order valence-corrected chi connectivity index (χ2v) is 6.19. The summed E-state index contributed by atoms with van der Waals surface area (Å²) in [6.07, 6.45) is 4.26. The molecule has 1 fully saturated rings. The molecule has 7 heteroatoms. The molecule has 0 bridgehead atoms. The molecule has 1 saturated carbocycles. The summed E-state index contributed by atoms with van der Waals surface area (Å²) in [5.41, 5.74) is 0.309. The van der Waals surface area contributed by atoms with Crippen molar-refractivity contribution in [3.63, 3.8) is 0 Å². The van der Waals surface area contributed by atoms with Crippen molar-refractivity contribution in [2.45, 2.75) is 37.8 Å². The van der Waals surface area contributed by atoms with Gasteiger partial charge in [0.05, 0.1) is 11.1 Å². The van der Waals surface area contributed by atoms with E-state index in [4.69, 9.17) is 10.00 Å². The van der Waals surface area contributed by atoms with Crippen LogP contribution in [0.15, 0.2) is 36.5 Å². The summed E-state index contributed by atoms with van der Waals surface area (Å²) in [7, 11) is 0. The first-order valence-electron chi connectivity index (χ1n) is 8.34. The number of hydrogen-bond acceptors (Lipinski definition) is 4. The van der Waals surface area contributed by atoms with Crippen molar-refractivity contribution < 1.29 is 18.3 Å². The lowest BCUT2D eigenvalue weighted by atomic mass is 9.92. The van der Waals surface area contributed by atoms with Gasteiger partial charge in [-0.05, 0) is 43.9 Å². The van der Waals surface area contributed by atoms with Crippen molar-refractivity contribution in [1.82, 2.24) is 10.3 Å². The van der Waals surface area contributed by atoms with Crippen LogP contribution in [0.1, 0.15) is 41.6 Å². The van der Waals surface area contributed by atoms with Gasteiger partial charge in [0.15, 0.2) is 0 Å². The number of pyridine rings is 1. The molecular weight excluding hydrogens is 340 g/mol. The van der Waals surface area contributed by atoms with E-state index in [1.165, 1.54) is 6.20 Å². The summed E-state index contributed by atoms with van der Waals surface area (Å²) in [4.78, 5) is 16.2. The minimum Gasteiger partial charge on any atom is -0.474 e. The highest BCUT2D eigenvalue weighted by Crippen LogP contribution is 2.23. The van der Waals surface area contributed by atoms with Crippen molar-refractivity contribution in [3.05, 3.63) is 59.3 Å². The minimum absolute atomic E-state index is 0.0221. The van der Waals surface area contributed by atoms with E-state index in [0.29, 0.717) is 30.4 Å². The maximum atomic E-state index is 13.7. The largest absolute Gasteiger partial charge is 0.474 e. The number of amides is 1. The Balaban J connectivity index is 1.50. The van der Waals surface area contributed by atoms with Gasteiger partial charge in [0, 0.05) is 24.4 Å². The normalized spacial score (nSPS) is 19.4. The van der Waals surface area contributed by atoms with E-state index < -0.39 is 17.5 Å². The van der Waals surface area contributed by atoms with Crippen molar-refractivity contribution >= 4 is 5.91 Å². The maximum Gasteiger partial charge on any atom is 0.254 e. The number of nitrogens with zero attached hydrogens (tertiary/aromatic N) is 2. The molecule has 2 aromatic rings. The van der Waals surface area contributed by atoms with Crippen molar-refractivity contribution in [2.24, 2.45) is 0 Å². The molecule has 26 heavy (non-hydrogen) atoms. The molecule has 0 aliphatic heterocycles. The van der Waals surface area contributed by atoms with Crippen LogP contribution in [0.5, 0.6) is 5.88 Å². The summed E-state index contributed by atoms with van der Waals surface area (Å²) < 4.78 is 32.4. The fourth-order valence-corrected chi connectivity index (χ4v) is 2.95. The third kappa shape index (κ3) is 4.33. The first-order valence-corrected chi connectivity index (χ1v) is 8.34. The number of nitriles is 1. The number of nitrogens with one attached hydrogen (secondary N) is 1. The zero-order chi connectivity index (χ0) is 18.5. The standard InChI is InChI=1S/C19H17F2N3O2/c20-13-2-7-16(17(21)9-13)19(25)24-14-3-5-15(6-4-14)26-18-8-1-12(10-22)11-23-18/h1-2,7-9,11,14-15H,3-6H2,(H,24,25). The highest BCUT2D eigenvalue weighted by Gasteiger charge is 2.25. The number of carbonyl (C=O) groups is 1. The molecular formula is C19H17F2N3O2. The Morgan fingerprint density at radius 1 is 1.19 bits per heavy atom. The van der Waals surface area contributed by atoms with Gasteiger partial charge in [-0.2, -0.15) is 5.26 Å². The SMILES string of the molecule is N#Cc1ccc(OC2CCC(NC(=O)c3ccc(F)cc3F)CC2)nc1. The molecule has 1 aliphatic carbocycles. The van der Waals surface area contributed by atoms with Crippen molar-refractivity contribution in [2.75, 3.05) is 0 Å². The molecule has 1 aromatic carbocycles. The van der Waals surface area contributed by atoms with Crippen LogP contribution < -0.4 is 10.1 Å². The van der Waals surface area contributed by atoms with E-state index in [-0.39, 0.29) is 17.7 Å². The Morgan fingerprint density at radius 2 is 1.96 bits per heavy atom. The molecule has 5 nitrogen and oxygen atoms in total. The van der Waals surface area contributed by atoms with Crippen LogP contribution in [0.4, 0.5) is 8.78 Å². The van der Waals surface area contributed by atoms with Crippen LogP contribution in [0.2, 0.25) is 0 Å². The van der Waals surface area contributed by atoms with E-state index >= 15 is 0 Å². The topological polar surface area (TPSA) is 75.0 Å². The lowest BCUT2D eigenvalue weighted by Gasteiger charge is -2.29. The zero-order valence-electron chi connectivity index (χ0n) is 13.9. The molecule has 1 N–H and O–H groups in total. The van der Waals surface area contributed by atoms with Crippen LogP contribution >= 0.6 is 0 Å². The number of aromatic nitrogens is 1. The Morgan fingerprint density at radius 3 is 2.58 bits per heavy atom. The Hall–Kier alpha value is -3.01. The average molecular weight is 357 g/mol. The van der Waals surface area contributed by atoms with E-state index in [1.54, 1.807) is 12.1 Å². The monoisotopic (exact) mass is 357 g/mol. The summed E-state index contributed by atoms with van der Waals surface area (Å²) >= 11 is 0. The van der Waals surface area contributed by atoms with E-state index in [2.05, 4.69) is 10.3 Å². The van der Waals surface area contributed by atoms with Gasteiger partial charge in [-0.25, -0.2) is 13.8 Å².